The highest BCUT2D eigenvalue weighted by Gasteiger charge is 2.16. The first-order valence-electron chi connectivity index (χ1n) is 6.85. The van der Waals surface area contributed by atoms with Crippen molar-refractivity contribution < 1.29 is 9.90 Å². The van der Waals surface area contributed by atoms with Crippen molar-refractivity contribution in [2.75, 3.05) is 18.5 Å². The van der Waals surface area contributed by atoms with Crippen LogP contribution in [0.1, 0.15) is 12.0 Å². The Morgan fingerprint density at radius 1 is 1.50 bits per heavy atom. The average molecular weight is 324 g/mol. The van der Waals surface area contributed by atoms with Crippen molar-refractivity contribution in [2.24, 2.45) is 7.05 Å². The average Bonchev–Trinajstić information content (AvgIpc) is 2.88. The molecule has 2 rings (SSSR count). The van der Waals surface area contributed by atoms with Crippen molar-refractivity contribution in [3.8, 4) is 0 Å². The number of nitrogens with one attached hydrogen (secondary N) is 1. The van der Waals surface area contributed by atoms with Crippen LogP contribution < -0.4 is 5.32 Å². The molecule has 1 aromatic heterocycles. The molecule has 1 heterocycles. The number of aliphatic hydroxyl groups excluding tert-OH is 1. The number of amides is 2. The summed E-state index contributed by atoms with van der Waals surface area (Å²) < 4.78 is 1.47. The Morgan fingerprint density at radius 2 is 2.32 bits per heavy atom. The standard InChI is InChI=1S/C14H18ClN5O2/c1-19-13(16-10-17-19)18-14(22)20(6-3-7-21)9-11-4-2-5-12(15)8-11/h2,4-5,8,10,21H,3,6-7,9H2,1H3,(H,16,17,18,22). The van der Waals surface area contributed by atoms with Crippen LogP contribution in [-0.4, -0.2) is 44.0 Å². The van der Waals surface area contributed by atoms with Crippen LogP contribution in [0.2, 0.25) is 5.02 Å². The third kappa shape index (κ3) is 4.44. The predicted molar refractivity (Wildman–Crippen MR) is 83.6 cm³/mol. The molecule has 1 aromatic carbocycles. The second-order valence-corrected chi connectivity index (χ2v) is 5.20. The third-order valence-corrected chi connectivity index (χ3v) is 3.30. The maximum absolute atomic E-state index is 12.4. The lowest BCUT2D eigenvalue weighted by atomic mass is 10.2. The molecule has 0 bridgehead atoms. The number of aliphatic hydroxyl groups is 1. The first kappa shape index (κ1) is 16.3. The smallest absolute Gasteiger partial charge is 0.324 e. The molecule has 0 aliphatic heterocycles. The summed E-state index contributed by atoms with van der Waals surface area (Å²) in [6.07, 6.45) is 1.86. The summed E-state index contributed by atoms with van der Waals surface area (Å²) in [6, 6.07) is 7.02. The number of hydrogen-bond donors (Lipinski definition) is 2. The minimum atomic E-state index is -0.301. The van der Waals surface area contributed by atoms with E-state index in [0.29, 0.717) is 30.5 Å². The molecule has 0 aliphatic rings. The van der Waals surface area contributed by atoms with E-state index in [4.69, 9.17) is 16.7 Å². The number of urea groups is 1. The van der Waals surface area contributed by atoms with Crippen molar-refractivity contribution >= 4 is 23.6 Å². The molecule has 0 fully saturated rings. The van der Waals surface area contributed by atoms with Gasteiger partial charge in [0.2, 0.25) is 5.95 Å². The van der Waals surface area contributed by atoms with Crippen LogP contribution in [0, 0.1) is 0 Å². The lowest BCUT2D eigenvalue weighted by Gasteiger charge is -2.22. The van der Waals surface area contributed by atoms with Gasteiger partial charge in [0.05, 0.1) is 0 Å². The fraction of sp³-hybridized carbons (Fsp3) is 0.357. The Balaban J connectivity index is 2.07. The van der Waals surface area contributed by atoms with E-state index in [0.717, 1.165) is 5.56 Å². The highest BCUT2D eigenvalue weighted by atomic mass is 35.5. The fourth-order valence-corrected chi connectivity index (χ4v) is 2.17. The summed E-state index contributed by atoms with van der Waals surface area (Å²) in [5, 5.41) is 16.2. The van der Waals surface area contributed by atoms with Crippen molar-refractivity contribution in [1.82, 2.24) is 19.7 Å². The molecule has 22 heavy (non-hydrogen) atoms. The van der Waals surface area contributed by atoms with Gasteiger partial charge in [-0.2, -0.15) is 10.1 Å². The van der Waals surface area contributed by atoms with Crippen LogP contribution in [0.5, 0.6) is 0 Å². The summed E-state index contributed by atoms with van der Waals surface area (Å²) in [6.45, 7) is 0.834. The second-order valence-electron chi connectivity index (χ2n) is 4.77. The number of carbonyl (C=O) groups is 1. The monoisotopic (exact) mass is 323 g/mol. The highest BCUT2D eigenvalue weighted by molar-refractivity contribution is 6.30. The summed E-state index contributed by atoms with van der Waals surface area (Å²) in [5.74, 6) is 0.366. The molecular weight excluding hydrogens is 306 g/mol. The van der Waals surface area contributed by atoms with Gasteiger partial charge in [-0.1, -0.05) is 23.7 Å². The fourth-order valence-electron chi connectivity index (χ4n) is 1.95. The van der Waals surface area contributed by atoms with Crippen LogP contribution >= 0.6 is 11.6 Å². The molecule has 0 unspecified atom stereocenters. The maximum atomic E-state index is 12.4. The molecule has 8 heteroatoms. The van der Waals surface area contributed by atoms with Crippen LogP contribution in [0.3, 0.4) is 0 Å². The van der Waals surface area contributed by atoms with Crippen LogP contribution in [0.15, 0.2) is 30.6 Å². The molecule has 2 aromatic rings. The van der Waals surface area contributed by atoms with Crippen LogP contribution in [-0.2, 0) is 13.6 Å². The first-order valence-corrected chi connectivity index (χ1v) is 7.23. The largest absolute Gasteiger partial charge is 0.396 e. The van der Waals surface area contributed by atoms with E-state index in [-0.39, 0.29) is 12.6 Å². The molecule has 2 N–H and O–H groups in total. The number of rotatable bonds is 6. The molecule has 0 spiro atoms. The Kier molecular flexibility index (Phi) is 5.74. The summed E-state index contributed by atoms with van der Waals surface area (Å²) >= 11 is 5.97. The summed E-state index contributed by atoms with van der Waals surface area (Å²) in [7, 11) is 1.69. The highest BCUT2D eigenvalue weighted by Crippen LogP contribution is 2.14. The molecular formula is C14H18ClN5O2. The molecule has 0 atom stereocenters. The minimum Gasteiger partial charge on any atom is -0.396 e. The SMILES string of the molecule is Cn1ncnc1NC(=O)N(CCCO)Cc1cccc(Cl)c1. The molecule has 0 saturated carbocycles. The summed E-state index contributed by atoms with van der Waals surface area (Å²) in [4.78, 5) is 17.9. The predicted octanol–water partition coefficient (Wildman–Crippen LogP) is 1.89. The van der Waals surface area contributed by atoms with Crippen LogP contribution in [0.25, 0.3) is 0 Å². The van der Waals surface area contributed by atoms with Gasteiger partial charge < -0.3 is 10.0 Å². The van der Waals surface area contributed by atoms with Gasteiger partial charge in [-0.15, -0.1) is 0 Å². The van der Waals surface area contributed by atoms with E-state index in [1.807, 2.05) is 18.2 Å². The zero-order valence-electron chi connectivity index (χ0n) is 12.2. The van der Waals surface area contributed by atoms with Crippen molar-refractivity contribution in [1.29, 1.82) is 0 Å². The van der Waals surface area contributed by atoms with E-state index in [2.05, 4.69) is 15.4 Å². The van der Waals surface area contributed by atoms with E-state index >= 15 is 0 Å². The Hall–Kier alpha value is -2.12. The van der Waals surface area contributed by atoms with Gasteiger partial charge in [-0.3, -0.25) is 5.32 Å². The zero-order chi connectivity index (χ0) is 15.9. The van der Waals surface area contributed by atoms with Crippen molar-refractivity contribution in [3.05, 3.63) is 41.2 Å². The number of halogens is 1. The third-order valence-electron chi connectivity index (χ3n) is 3.07. The second kappa shape index (κ2) is 7.77. The Labute approximate surface area is 133 Å². The van der Waals surface area contributed by atoms with Gasteiger partial charge in [0.25, 0.3) is 0 Å². The van der Waals surface area contributed by atoms with Gasteiger partial charge >= 0.3 is 6.03 Å². The number of benzene rings is 1. The van der Waals surface area contributed by atoms with Gasteiger partial charge in [0.1, 0.15) is 6.33 Å². The molecule has 0 radical (unpaired) electrons. The van der Waals surface area contributed by atoms with Gasteiger partial charge in [0, 0.05) is 31.8 Å². The topological polar surface area (TPSA) is 83.3 Å². The van der Waals surface area contributed by atoms with E-state index in [9.17, 15) is 4.79 Å². The molecule has 7 nitrogen and oxygen atoms in total. The Morgan fingerprint density at radius 3 is 2.95 bits per heavy atom. The quantitative estimate of drug-likeness (QED) is 0.850. The lowest BCUT2D eigenvalue weighted by molar-refractivity contribution is 0.199. The zero-order valence-corrected chi connectivity index (χ0v) is 13.0. The lowest BCUT2D eigenvalue weighted by Crippen LogP contribution is -2.36. The molecule has 118 valence electrons. The van der Waals surface area contributed by atoms with Gasteiger partial charge in [-0.25, -0.2) is 9.48 Å². The van der Waals surface area contributed by atoms with Crippen molar-refractivity contribution in [3.63, 3.8) is 0 Å². The van der Waals surface area contributed by atoms with E-state index in [1.54, 1.807) is 18.0 Å². The normalized spacial score (nSPS) is 10.5. The maximum Gasteiger partial charge on any atom is 0.324 e. The van der Waals surface area contributed by atoms with Crippen LogP contribution in [0.4, 0.5) is 10.7 Å². The number of aromatic nitrogens is 3. The van der Waals surface area contributed by atoms with E-state index < -0.39 is 0 Å². The number of anilines is 1. The van der Waals surface area contributed by atoms with Gasteiger partial charge in [-0.05, 0) is 24.1 Å². The van der Waals surface area contributed by atoms with Gasteiger partial charge in [0.15, 0.2) is 0 Å². The minimum absolute atomic E-state index is 0.0171. The van der Waals surface area contributed by atoms with E-state index in [1.165, 1.54) is 11.0 Å². The number of carbonyl (C=O) groups excluding carboxylic acids is 1. The molecule has 2 amide bonds. The number of hydrogen-bond acceptors (Lipinski definition) is 4. The number of nitrogens with zero attached hydrogens (tertiary/aromatic N) is 4. The number of aryl methyl sites for hydroxylation is 1. The Bertz CT molecular complexity index is 631. The molecule has 0 saturated heterocycles. The van der Waals surface area contributed by atoms with Crippen molar-refractivity contribution in [2.45, 2.75) is 13.0 Å². The summed E-state index contributed by atoms with van der Waals surface area (Å²) in [5.41, 5.74) is 0.915. The first-order chi connectivity index (χ1) is 10.6. The molecule has 0 aliphatic carbocycles.